The third-order valence-electron chi connectivity index (χ3n) is 4.04. The summed E-state index contributed by atoms with van der Waals surface area (Å²) < 4.78 is 7.35. The maximum atomic E-state index is 12.0. The van der Waals surface area contributed by atoms with Gasteiger partial charge in [-0.1, -0.05) is 11.3 Å². The summed E-state index contributed by atoms with van der Waals surface area (Å²) >= 11 is 1.50. The van der Waals surface area contributed by atoms with Gasteiger partial charge >= 0.3 is 0 Å². The first kappa shape index (κ1) is 16.4. The molecule has 1 N–H and O–H groups in total. The molecule has 0 bridgehead atoms. The molecule has 0 spiro atoms. The Balaban J connectivity index is 1.51. The molecular formula is C17H15N5O3S. The van der Waals surface area contributed by atoms with Crippen molar-refractivity contribution in [2.45, 2.75) is 25.5 Å². The molecule has 4 heterocycles. The summed E-state index contributed by atoms with van der Waals surface area (Å²) in [5.41, 5.74) is 2.26. The lowest BCUT2D eigenvalue weighted by Gasteiger charge is -2.20. The van der Waals surface area contributed by atoms with Crippen molar-refractivity contribution >= 4 is 23.2 Å². The van der Waals surface area contributed by atoms with Gasteiger partial charge in [0.15, 0.2) is 0 Å². The summed E-state index contributed by atoms with van der Waals surface area (Å²) in [5, 5.41) is 14.4. The lowest BCUT2D eigenvalue weighted by Crippen LogP contribution is -2.41. The Morgan fingerprint density at radius 2 is 2.23 bits per heavy atom. The third-order valence-corrected chi connectivity index (χ3v) is 4.77. The lowest BCUT2D eigenvalue weighted by molar-refractivity contribution is -0.136. The zero-order valence-corrected chi connectivity index (χ0v) is 14.5. The molecule has 1 atom stereocenters. The molecular weight excluding hydrogens is 354 g/mol. The summed E-state index contributed by atoms with van der Waals surface area (Å²) in [6, 6.07) is 5.13. The maximum Gasteiger partial charge on any atom is 0.251 e. The Kier molecular flexibility index (Phi) is 4.44. The number of hydrogen-bond donors (Lipinski definition) is 1. The Hall–Kier alpha value is -3.07. The normalized spacial score (nSPS) is 17.2. The zero-order chi connectivity index (χ0) is 17.9. The Bertz CT molecular complexity index is 937. The molecule has 8 nitrogen and oxygen atoms in total. The second-order valence-corrected chi connectivity index (χ2v) is 6.55. The highest BCUT2D eigenvalue weighted by molar-refractivity contribution is 7.08. The molecule has 1 aliphatic rings. The number of nitrogens with zero attached hydrogens (tertiary/aromatic N) is 4. The summed E-state index contributed by atoms with van der Waals surface area (Å²) in [7, 11) is 0. The van der Waals surface area contributed by atoms with Gasteiger partial charge in [-0.05, 0) is 18.6 Å². The highest BCUT2D eigenvalue weighted by atomic mass is 32.1. The van der Waals surface area contributed by atoms with Gasteiger partial charge in [-0.25, -0.2) is 4.68 Å². The van der Waals surface area contributed by atoms with E-state index in [4.69, 9.17) is 4.74 Å². The van der Waals surface area contributed by atoms with Crippen LogP contribution < -0.4 is 10.1 Å². The largest absolute Gasteiger partial charge is 0.486 e. The van der Waals surface area contributed by atoms with E-state index in [9.17, 15) is 9.59 Å². The van der Waals surface area contributed by atoms with Crippen molar-refractivity contribution in [3.8, 4) is 17.0 Å². The Morgan fingerprint density at radius 3 is 3.04 bits per heavy atom. The Labute approximate surface area is 152 Å². The number of piperidine rings is 1. The standard InChI is InChI=1S/C17H15N5O3S/c23-16-5-4-14(17(24)19-16)22-7-13(20-21-22)12-9-26-10-15(12)25-8-11-3-1-2-6-18-11/h1-3,6-7,9-10,14H,4-5,8H2,(H,19,23,24). The Morgan fingerprint density at radius 1 is 1.31 bits per heavy atom. The van der Waals surface area contributed by atoms with E-state index in [2.05, 4.69) is 20.6 Å². The number of aromatic nitrogens is 4. The molecule has 0 aliphatic carbocycles. The second-order valence-electron chi connectivity index (χ2n) is 5.81. The smallest absolute Gasteiger partial charge is 0.251 e. The number of imide groups is 1. The van der Waals surface area contributed by atoms with E-state index >= 15 is 0 Å². The minimum atomic E-state index is -0.523. The quantitative estimate of drug-likeness (QED) is 0.690. The molecule has 0 radical (unpaired) electrons. The van der Waals surface area contributed by atoms with Gasteiger partial charge in [-0.15, -0.1) is 16.4 Å². The molecule has 4 rings (SSSR count). The minimum absolute atomic E-state index is 0.255. The topological polar surface area (TPSA) is 99.0 Å². The van der Waals surface area contributed by atoms with Crippen LogP contribution in [-0.4, -0.2) is 31.8 Å². The number of hydrogen-bond acceptors (Lipinski definition) is 7. The molecule has 1 fully saturated rings. The van der Waals surface area contributed by atoms with E-state index in [1.54, 1.807) is 12.4 Å². The van der Waals surface area contributed by atoms with Crippen LogP contribution in [-0.2, 0) is 16.2 Å². The molecule has 1 aliphatic heterocycles. The molecule has 0 aromatic carbocycles. The van der Waals surface area contributed by atoms with Gasteiger partial charge in [0.25, 0.3) is 5.91 Å². The van der Waals surface area contributed by atoms with E-state index in [1.165, 1.54) is 16.0 Å². The van der Waals surface area contributed by atoms with Crippen LogP contribution in [0, 0.1) is 0 Å². The highest BCUT2D eigenvalue weighted by Crippen LogP contribution is 2.33. The summed E-state index contributed by atoms with van der Waals surface area (Å²) in [4.78, 5) is 27.5. The van der Waals surface area contributed by atoms with Gasteiger partial charge in [-0.3, -0.25) is 19.9 Å². The SMILES string of the molecule is O=C1CCC(n2cc(-c3cscc3OCc3ccccn3)nn2)C(=O)N1. The second kappa shape index (κ2) is 7.04. The predicted molar refractivity (Wildman–Crippen MR) is 93.3 cm³/mol. The van der Waals surface area contributed by atoms with E-state index < -0.39 is 6.04 Å². The fourth-order valence-corrected chi connectivity index (χ4v) is 3.47. The van der Waals surface area contributed by atoms with Gasteiger partial charge in [0.1, 0.15) is 24.1 Å². The van der Waals surface area contributed by atoms with Crippen molar-refractivity contribution in [2.24, 2.45) is 0 Å². The van der Waals surface area contributed by atoms with E-state index in [-0.39, 0.29) is 11.8 Å². The highest BCUT2D eigenvalue weighted by Gasteiger charge is 2.29. The number of carbonyl (C=O) groups excluding carboxylic acids is 2. The van der Waals surface area contributed by atoms with Gasteiger partial charge < -0.3 is 4.74 Å². The number of ether oxygens (including phenoxy) is 1. The molecule has 132 valence electrons. The first-order valence-electron chi connectivity index (χ1n) is 8.05. The fraction of sp³-hybridized carbons (Fsp3) is 0.235. The van der Waals surface area contributed by atoms with Gasteiger partial charge in [0.05, 0.1) is 17.5 Å². The molecule has 1 saturated heterocycles. The number of pyridine rings is 1. The first-order chi connectivity index (χ1) is 12.7. The summed E-state index contributed by atoms with van der Waals surface area (Å²) in [5.74, 6) is 0.0836. The van der Waals surface area contributed by atoms with Crippen LogP contribution in [0.2, 0.25) is 0 Å². The molecule has 2 amide bonds. The average molecular weight is 369 g/mol. The van der Waals surface area contributed by atoms with Crippen LogP contribution in [0.1, 0.15) is 24.6 Å². The molecule has 3 aromatic heterocycles. The monoisotopic (exact) mass is 369 g/mol. The van der Waals surface area contributed by atoms with E-state index in [0.29, 0.717) is 30.9 Å². The molecule has 26 heavy (non-hydrogen) atoms. The number of amides is 2. The fourth-order valence-electron chi connectivity index (χ4n) is 2.71. The number of thiophene rings is 1. The van der Waals surface area contributed by atoms with Gasteiger partial charge in [0, 0.05) is 23.4 Å². The predicted octanol–water partition coefficient (Wildman–Crippen LogP) is 1.96. The van der Waals surface area contributed by atoms with Gasteiger partial charge in [-0.2, -0.15) is 0 Å². The molecule has 9 heteroatoms. The molecule has 0 saturated carbocycles. The average Bonchev–Trinajstić information content (AvgIpc) is 3.30. The van der Waals surface area contributed by atoms with Gasteiger partial charge in [0.2, 0.25) is 5.91 Å². The van der Waals surface area contributed by atoms with E-state index in [0.717, 1.165) is 11.3 Å². The van der Waals surface area contributed by atoms with Crippen molar-refractivity contribution in [3.63, 3.8) is 0 Å². The van der Waals surface area contributed by atoms with E-state index in [1.807, 2.05) is 29.0 Å². The number of carbonyl (C=O) groups is 2. The zero-order valence-electron chi connectivity index (χ0n) is 13.7. The summed E-state index contributed by atoms with van der Waals surface area (Å²) in [6.07, 6.45) is 4.14. The lowest BCUT2D eigenvalue weighted by atomic mass is 10.1. The van der Waals surface area contributed by atoms with Crippen LogP contribution in [0.5, 0.6) is 5.75 Å². The van der Waals surface area contributed by atoms with Crippen molar-refractivity contribution in [1.29, 1.82) is 0 Å². The maximum absolute atomic E-state index is 12.0. The number of nitrogens with one attached hydrogen (secondary N) is 1. The van der Waals surface area contributed by atoms with Crippen molar-refractivity contribution < 1.29 is 14.3 Å². The molecule has 1 unspecified atom stereocenters. The van der Waals surface area contributed by atoms with Crippen molar-refractivity contribution in [1.82, 2.24) is 25.3 Å². The van der Waals surface area contributed by atoms with Crippen LogP contribution >= 0.6 is 11.3 Å². The third kappa shape index (κ3) is 3.33. The first-order valence-corrected chi connectivity index (χ1v) is 9.00. The minimum Gasteiger partial charge on any atom is -0.486 e. The van der Waals surface area contributed by atoms with Crippen LogP contribution in [0.25, 0.3) is 11.3 Å². The van der Waals surface area contributed by atoms with Crippen LogP contribution in [0.4, 0.5) is 0 Å². The molecule has 3 aromatic rings. The van der Waals surface area contributed by atoms with Crippen molar-refractivity contribution in [3.05, 3.63) is 47.0 Å². The van der Waals surface area contributed by atoms with Crippen molar-refractivity contribution in [2.75, 3.05) is 0 Å². The number of rotatable bonds is 5. The summed E-state index contributed by atoms with van der Waals surface area (Å²) in [6.45, 7) is 0.353. The van der Waals surface area contributed by atoms with Crippen LogP contribution in [0.15, 0.2) is 41.4 Å². The van der Waals surface area contributed by atoms with Crippen LogP contribution in [0.3, 0.4) is 0 Å².